The molecular weight excluding hydrogens is 849 g/mol. The summed E-state index contributed by atoms with van der Waals surface area (Å²) in [7, 11) is 0. The van der Waals surface area contributed by atoms with Gasteiger partial charge in [-0.15, -0.1) is 0 Å². The van der Waals surface area contributed by atoms with E-state index in [0.717, 1.165) is 51.2 Å². The van der Waals surface area contributed by atoms with E-state index in [1.54, 1.807) is 0 Å². The Morgan fingerprint density at radius 2 is 0.356 bits per heavy atom. The maximum absolute atomic E-state index is 4.58. The fourth-order valence-electron chi connectivity index (χ4n) is 7.56. The summed E-state index contributed by atoms with van der Waals surface area (Å²) in [4.78, 5) is 6.95. The minimum absolute atomic E-state index is 1.10. The molecule has 0 aliphatic heterocycles. The normalized spacial score (nSPS) is 11.4. The Bertz CT molecular complexity index is 2260. The molecule has 0 aromatic heterocycles. The Morgan fingerprint density at radius 3 is 0.525 bits per heavy atom. The van der Waals surface area contributed by atoms with Crippen LogP contribution in [0.4, 0.5) is 51.2 Å². The molecule has 9 aromatic rings. The third-order valence-corrected chi connectivity index (χ3v) is 22.0. The maximum atomic E-state index is 4.58. The summed E-state index contributed by atoms with van der Waals surface area (Å²) in [5, 5.41) is 0. The predicted octanol–water partition coefficient (Wildman–Crippen LogP) is 13.5. The first-order valence-electron chi connectivity index (χ1n) is 19.7. The first-order valence-corrected chi connectivity index (χ1v) is 26.3. The molecule has 0 unspecified atom stereocenters. The fourth-order valence-corrected chi connectivity index (χ4v) is 15.9. The SMILES string of the molecule is Br[Se](c1ccc(N(c2ccccc2)c2ccccc2)cc1)(c1ccc(N(c2ccccc2)c2ccccc2)cc1)c1ccc(N(c2ccccc2)c2ccccc2)cc1. The van der Waals surface area contributed by atoms with E-state index in [1.807, 2.05) is 0 Å². The molecule has 0 bridgehead atoms. The molecule has 0 aliphatic carbocycles. The average Bonchev–Trinajstić information content (AvgIpc) is 3.32. The molecule has 0 spiro atoms. The van der Waals surface area contributed by atoms with Crippen LogP contribution in [0, 0.1) is 0 Å². The zero-order chi connectivity index (χ0) is 39.9. The molecule has 59 heavy (non-hydrogen) atoms. The van der Waals surface area contributed by atoms with Gasteiger partial charge < -0.3 is 0 Å². The van der Waals surface area contributed by atoms with Crippen molar-refractivity contribution in [3.63, 3.8) is 0 Å². The van der Waals surface area contributed by atoms with Crippen LogP contribution < -0.4 is 28.1 Å². The first-order chi connectivity index (χ1) is 29.2. The Morgan fingerprint density at radius 1 is 0.203 bits per heavy atom. The van der Waals surface area contributed by atoms with Crippen LogP contribution in [0.3, 0.4) is 0 Å². The van der Waals surface area contributed by atoms with Crippen LogP contribution in [0.25, 0.3) is 0 Å². The average molecular weight is 892 g/mol. The molecule has 9 rings (SSSR count). The third-order valence-electron chi connectivity index (χ3n) is 10.3. The topological polar surface area (TPSA) is 9.72 Å². The van der Waals surface area contributed by atoms with Gasteiger partial charge in [0.25, 0.3) is 0 Å². The summed E-state index contributed by atoms with van der Waals surface area (Å²) < 4.78 is 3.83. The van der Waals surface area contributed by atoms with Gasteiger partial charge in [0.15, 0.2) is 0 Å². The minimum atomic E-state index is -3.03. The van der Waals surface area contributed by atoms with E-state index >= 15 is 0 Å². The van der Waals surface area contributed by atoms with Crippen LogP contribution in [-0.2, 0) is 0 Å². The van der Waals surface area contributed by atoms with Crippen molar-refractivity contribution < 1.29 is 0 Å². The molecule has 0 N–H and O–H groups in total. The Labute approximate surface area is 357 Å². The number of hydrogen-bond acceptors (Lipinski definition) is 3. The molecule has 3 nitrogen and oxygen atoms in total. The number of nitrogens with zero attached hydrogens (tertiary/aromatic N) is 3. The zero-order valence-corrected chi connectivity index (χ0v) is 35.7. The molecule has 0 atom stereocenters. The van der Waals surface area contributed by atoms with Crippen LogP contribution in [0.2, 0.25) is 0 Å². The van der Waals surface area contributed by atoms with Crippen LogP contribution in [0.1, 0.15) is 0 Å². The summed E-state index contributed by atoms with van der Waals surface area (Å²) in [5.74, 6) is 0. The monoisotopic (exact) mass is 891 g/mol. The predicted molar refractivity (Wildman–Crippen MR) is 257 cm³/mol. The van der Waals surface area contributed by atoms with Crippen molar-refractivity contribution in [2.24, 2.45) is 0 Å². The van der Waals surface area contributed by atoms with Crippen molar-refractivity contribution in [3.05, 3.63) is 255 Å². The number of anilines is 9. The summed E-state index contributed by atoms with van der Waals surface area (Å²) in [6.45, 7) is 0. The quantitative estimate of drug-likeness (QED) is 0.113. The van der Waals surface area contributed by atoms with Crippen molar-refractivity contribution >= 4 is 89.7 Å². The number of hydrogen-bond donors (Lipinski definition) is 0. The van der Waals surface area contributed by atoms with E-state index in [4.69, 9.17) is 0 Å². The molecule has 0 saturated heterocycles. The number of rotatable bonds is 12. The summed E-state index contributed by atoms with van der Waals surface area (Å²) >= 11 is 1.55. The molecule has 0 radical (unpaired) electrons. The summed E-state index contributed by atoms with van der Waals surface area (Å²) in [6.07, 6.45) is 0. The third kappa shape index (κ3) is 7.97. The van der Waals surface area contributed by atoms with Gasteiger partial charge in [-0.1, -0.05) is 0 Å². The zero-order valence-electron chi connectivity index (χ0n) is 32.4. The molecule has 9 aromatic carbocycles. The molecule has 5 heteroatoms. The van der Waals surface area contributed by atoms with Gasteiger partial charge in [0, 0.05) is 0 Å². The Hall–Kier alpha value is -6.62. The fraction of sp³-hybridized carbons (Fsp3) is 0. The summed E-state index contributed by atoms with van der Waals surface area (Å²) in [5.41, 5.74) is 10.00. The molecule has 0 heterocycles. The van der Waals surface area contributed by atoms with Gasteiger partial charge in [-0.05, 0) is 0 Å². The van der Waals surface area contributed by atoms with E-state index in [2.05, 4.69) is 284 Å². The van der Waals surface area contributed by atoms with E-state index in [-0.39, 0.29) is 0 Å². The molecular formula is C54H42BrN3Se. The number of benzene rings is 9. The van der Waals surface area contributed by atoms with Crippen molar-refractivity contribution in [3.8, 4) is 0 Å². The van der Waals surface area contributed by atoms with Gasteiger partial charge in [-0.25, -0.2) is 0 Å². The van der Waals surface area contributed by atoms with Gasteiger partial charge in [-0.3, -0.25) is 0 Å². The second kappa shape index (κ2) is 17.5. The van der Waals surface area contributed by atoms with Gasteiger partial charge in [-0.2, -0.15) is 0 Å². The van der Waals surface area contributed by atoms with Crippen LogP contribution in [0.5, 0.6) is 0 Å². The van der Waals surface area contributed by atoms with Crippen molar-refractivity contribution in [1.82, 2.24) is 0 Å². The number of para-hydroxylation sites is 6. The van der Waals surface area contributed by atoms with Gasteiger partial charge in [0.05, 0.1) is 0 Å². The van der Waals surface area contributed by atoms with Gasteiger partial charge in [0.1, 0.15) is 0 Å². The first kappa shape index (κ1) is 37.9. The van der Waals surface area contributed by atoms with Crippen molar-refractivity contribution in [2.45, 2.75) is 0 Å². The van der Waals surface area contributed by atoms with E-state index in [0.29, 0.717) is 0 Å². The number of halogens is 1. The second-order valence-electron chi connectivity index (χ2n) is 14.0. The van der Waals surface area contributed by atoms with Crippen LogP contribution >= 0.6 is 14.1 Å². The van der Waals surface area contributed by atoms with Crippen LogP contribution in [0.15, 0.2) is 255 Å². The van der Waals surface area contributed by atoms with Crippen LogP contribution in [-0.4, -0.2) is 11.0 Å². The van der Waals surface area contributed by atoms with Gasteiger partial charge in [0.2, 0.25) is 0 Å². The van der Waals surface area contributed by atoms with Crippen molar-refractivity contribution in [1.29, 1.82) is 0 Å². The molecule has 0 amide bonds. The van der Waals surface area contributed by atoms with E-state index in [9.17, 15) is 0 Å². The standard InChI is InChI=1S/C54H42BrN3Se/c55-59(52-37-31-49(32-38-52)56(43-19-7-1-8-20-43)44-21-9-2-10-22-44,53-39-33-50(34-40-53)57(45-23-11-3-12-24-45)46-25-13-4-14-26-46)54-41-35-51(36-42-54)58(47-27-15-5-16-28-47)48-29-17-6-18-30-48/h1-42H. The molecule has 0 fully saturated rings. The van der Waals surface area contributed by atoms with Crippen molar-refractivity contribution in [2.75, 3.05) is 14.7 Å². The molecule has 0 aliphatic rings. The van der Waals surface area contributed by atoms with E-state index < -0.39 is 11.0 Å². The summed E-state index contributed by atoms with van der Waals surface area (Å²) in [6, 6.07) is 91.1. The Balaban J connectivity index is 1.15. The van der Waals surface area contributed by atoms with Gasteiger partial charge >= 0.3 is 359 Å². The molecule has 0 saturated carbocycles. The Kier molecular flexibility index (Phi) is 11.2. The molecule has 286 valence electrons. The second-order valence-corrected chi connectivity index (χ2v) is 24.3. The van der Waals surface area contributed by atoms with E-state index in [1.165, 1.54) is 13.4 Å².